The van der Waals surface area contributed by atoms with Crippen molar-refractivity contribution in [2.45, 2.75) is 86.4 Å². The molecule has 3 atom stereocenters. The Balaban J connectivity index is 1.50. The number of carbonyl (C=O) groups is 2. The standard InChI is InChI=1S/C29H40N4O2/c1-27(2,3)26(35)32-16-17-33-20(18-32)22(30-23(33)19-12-8-7-9-13-19)24(34)31-25-28(4,5)21-14-10-11-15-29(21,25)6/h7-9,12-13,21,25H,10-11,14-18H2,1-6H3,(H,31,34). The zero-order valence-electron chi connectivity index (χ0n) is 22.1. The van der Waals surface area contributed by atoms with E-state index in [1.807, 2.05) is 56.0 Å². The minimum Gasteiger partial charge on any atom is -0.347 e. The molecular weight excluding hydrogens is 436 g/mol. The fourth-order valence-electron chi connectivity index (χ4n) is 7.44. The molecule has 6 heteroatoms. The summed E-state index contributed by atoms with van der Waals surface area (Å²) in [4.78, 5) is 33.8. The van der Waals surface area contributed by atoms with Crippen molar-refractivity contribution in [3.8, 4) is 11.4 Å². The molecule has 1 aromatic carbocycles. The smallest absolute Gasteiger partial charge is 0.272 e. The molecule has 6 nitrogen and oxygen atoms in total. The molecule has 1 aliphatic heterocycles. The van der Waals surface area contributed by atoms with Gasteiger partial charge in [-0.15, -0.1) is 0 Å². The first-order chi connectivity index (χ1) is 16.4. The van der Waals surface area contributed by atoms with Gasteiger partial charge in [0.15, 0.2) is 5.69 Å². The number of benzene rings is 1. The summed E-state index contributed by atoms with van der Waals surface area (Å²) < 4.78 is 2.15. The Hall–Kier alpha value is -2.63. The maximum atomic E-state index is 13.9. The lowest BCUT2D eigenvalue weighted by Crippen LogP contribution is -2.71. The number of aromatic nitrogens is 2. The number of amides is 2. The van der Waals surface area contributed by atoms with Crippen LogP contribution in [-0.2, 0) is 17.9 Å². The highest BCUT2D eigenvalue weighted by molar-refractivity contribution is 5.95. The van der Waals surface area contributed by atoms with E-state index >= 15 is 0 Å². The summed E-state index contributed by atoms with van der Waals surface area (Å²) in [5.41, 5.74) is 2.05. The van der Waals surface area contributed by atoms with E-state index in [0.29, 0.717) is 31.2 Å². The van der Waals surface area contributed by atoms with E-state index < -0.39 is 5.41 Å². The first kappa shape index (κ1) is 24.1. The Labute approximate surface area is 209 Å². The number of rotatable bonds is 3. The second-order valence-corrected chi connectivity index (χ2v) is 12.8. The summed E-state index contributed by atoms with van der Waals surface area (Å²) in [5, 5.41) is 3.43. The third kappa shape index (κ3) is 3.80. The molecule has 2 aliphatic carbocycles. The van der Waals surface area contributed by atoms with Gasteiger partial charge in [-0.2, -0.15) is 0 Å². The van der Waals surface area contributed by atoms with E-state index in [0.717, 1.165) is 23.5 Å². The summed E-state index contributed by atoms with van der Waals surface area (Å²) >= 11 is 0. The van der Waals surface area contributed by atoms with Crippen molar-refractivity contribution in [1.29, 1.82) is 0 Å². The lowest BCUT2D eigenvalue weighted by Gasteiger charge is -2.67. The zero-order valence-corrected chi connectivity index (χ0v) is 22.1. The van der Waals surface area contributed by atoms with Crippen molar-refractivity contribution in [3.63, 3.8) is 0 Å². The monoisotopic (exact) mass is 476 g/mol. The van der Waals surface area contributed by atoms with Crippen molar-refractivity contribution in [1.82, 2.24) is 19.8 Å². The van der Waals surface area contributed by atoms with Crippen LogP contribution < -0.4 is 5.32 Å². The highest BCUT2D eigenvalue weighted by Gasteiger charge is 2.64. The lowest BCUT2D eigenvalue weighted by atomic mass is 9.40. The summed E-state index contributed by atoms with van der Waals surface area (Å²) in [6.45, 7) is 14.5. The number of carbonyl (C=O) groups excluding carboxylic acids is 2. The maximum absolute atomic E-state index is 13.9. The second-order valence-electron chi connectivity index (χ2n) is 12.8. The zero-order chi connectivity index (χ0) is 25.2. The quantitative estimate of drug-likeness (QED) is 0.656. The maximum Gasteiger partial charge on any atom is 0.272 e. The Morgan fingerprint density at radius 2 is 1.77 bits per heavy atom. The van der Waals surface area contributed by atoms with Crippen LogP contribution in [0.3, 0.4) is 0 Å². The molecule has 0 saturated heterocycles. The first-order valence-corrected chi connectivity index (χ1v) is 13.2. The van der Waals surface area contributed by atoms with Crippen LogP contribution in [0.5, 0.6) is 0 Å². The van der Waals surface area contributed by atoms with Crippen molar-refractivity contribution in [2.75, 3.05) is 6.54 Å². The molecule has 0 radical (unpaired) electrons. The minimum atomic E-state index is -0.465. The molecule has 1 N–H and O–H groups in total. The molecule has 188 valence electrons. The van der Waals surface area contributed by atoms with Crippen LogP contribution >= 0.6 is 0 Å². The average Bonchev–Trinajstić information content (AvgIpc) is 3.21. The van der Waals surface area contributed by atoms with Gasteiger partial charge in [-0.1, -0.05) is 84.7 Å². The molecule has 3 aliphatic rings. The molecule has 1 aromatic heterocycles. The summed E-state index contributed by atoms with van der Waals surface area (Å²) in [7, 11) is 0. The van der Waals surface area contributed by atoms with Gasteiger partial charge in [-0.3, -0.25) is 9.59 Å². The van der Waals surface area contributed by atoms with E-state index in [4.69, 9.17) is 4.98 Å². The van der Waals surface area contributed by atoms with E-state index in [2.05, 4.69) is 30.7 Å². The molecule has 0 spiro atoms. The number of nitrogens with zero attached hydrogens (tertiary/aromatic N) is 3. The highest BCUT2D eigenvalue weighted by Crippen LogP contribution is 2.65. The van der Waals surface area contributed by atoms with Crippen LogP contribution in [0.2, 0.25) is 0 Å². The van der Waals surface area contributed by atoms with Gasteiger partial charge in [0.25, 0.3) is 5.91 Å². The van der Waals surface area contributed by atoms with Gasteiger partial charge >= 0.3 is 0 Å². The van der Waals surface area contributed by atoms with E-state index in [9.17, 15) is 9.59 Å². The van der Waals surface area contributed by atoms with Crippen LogP contribution in [0.1, 0.15) is 83.4 Å². The largest absolute Gasteiger partial charge is 0.347 e. The lowest BCUT2D eigenvalue weighted by molar-refractivity contribution is -0.156. The Morgan fingerprint density at radius 3 is 2.46 bits per heavy atom. The van der Waals surface area contributed by atoms with Crippen LogP contribution in [0, 0.1) is 22.2 Å². The second kappa shape index (κ2) is 8.21. The minimum absolute atomic E-state index is 0.0706. The van der Waals surface area contributed by atoms with Crippen LogP contribution in [-0.4, -0.2) is 38.9 Å². The van der Waals surface area contributed by atoms with E-state index in [1.54, 1.807) is 0 Å². The van der Waals surface area contributed by atoms with Gasteiger partial charge in [0.1, 0.15) is 5.82 Å². The summed E-state index contributed by atoms with van der Waals surface area (Å²) in [6, 6.07) is 10.2. The molecule has 0 bridgehead atoms. The van der Waals surface area contributed by atoms with Gasteiger partial charge in [0.2, 0.25) is 5.91 Å². The molecule has 2 heterocycles. The number of fused-ring (bicyclic) bond motifs is 2. The van der Waals surface area contributed by atoms with E-state index in [1.165, 1.54) is 19.3 Å². The molecule has 3 unspecified atom stereocenters. The van der Waals surface area contributed by atoms with Gasteiger partial charge in [-0.05, 0) is 29.6 Å². The summed E-state index contributed by atoms with van der Waals surface area (Å²) in [5.74, 6) is 1.45. The fourth-order valence-corrected chi connectivity index (χ4v) is 7.44. The topological polar surface area (TPSA) is 67.2 Å². The number of nitrogens with one attached hydrogen (secondary N) is 1. The SMILES string of the molecule is CC(C)(C)C(=O)N1CCn2c(-c3ccccc3)nc(C(=O)NC3C(C)(C)C4CCCCC43C)c2C1. The Bertz CT molecular complexity index is 1140. The molecule has 2 saturated carbocycles. The Morgan fingerprint density at radius 1 is 1.06 bits per heavy atom. The fraction of sp³-hybridized carbons (Fsp3) is 0.621. The predicted octanol–water partition coefficient (Wildman–Crippen LogP) is 5.27. The summed E-state index contributed by atoms with van der Waals surface area (Å²) in [6.07, 6.45) is 4.93. The highest BCUT2D eigenvalue weighted by atomic mass is 16.2. The van der Waals surface area contributed by atoms with E-state index in [-0.39, 0.29) is 28.7 Å². The van der Waals surface area contributed by atoms with Crippen molar-refractivity contribution in [2.24, 2.45) is 22.2 Å². The van der Waals surface area contributed by atoms with Gasteiger partial charge in [0, 0.05) is 30.1 Å². The average molecular weight is 477 g/mol. The van der Waals surface area contributed by atoms with Crippen LogP contribution in [0.25, 0.3) is 11.4 Å². The van der Waals surface area contributed by atoms with Gasteiger partial charge in [-0.25, -0.2) is 4.98 Å². The number of hydrogen-bond donors (Lipinski definition) is 1. The van der Waals surface area contributed by atoms with Gasteiger partial charge in [0.05, 0.1) is 12.2 Å². The van der Waals surface area contributed by atoms with Crippen molar-refractivity contribution >= 4 is 11.8 Å². The predicted molar refractivity (Wildman–Crippen MR) is 138 cm³/mol. The number of imidazole rings is 1. The third-order valence-corrected chi connectivity index (χ3v) is 9.01. The first-order valence-electron chi connectivity index (χ1n) is 13.2. The van der Waals surface area contributed by atoms with Crippen molar-refractivity contribution in [3.05, 3.63) is 41.7 Å². The Kier molecular flexibility index (Phi) is 5.65. The third-order valence-electron chi connectivity index (χ3n) is 9.01. The molecule has 2 fully saturated rings. The molecule has 2 amide bonds. The molecule has 35 heavy (non-hydrogen) atoms. The number of hydrogen-bond acceptors (Lipinski definition) is 3. The molecule has 2 aromatic rings. The molecule has 5 rings (SSSR count). The van der Waals surface area contributed by atoms with Crippen LogP contribution in [0.4, 0.5) is 0 Å². The normalized spacial score (nSPS) is 27.4. The molecular formula is C29H40N4O2. The van der Waals surface area contributed by atoms with Crippen LogP contribution in [0.15, 0.2) is 30.3 Å². The van der Waals surface area contributed by atoms with Gasteiger partial charge < -0.3 is 14.8 Å². The van der Waals surface area contributed by atoms with Crippen molar-refractivity contribution < 1.29 is 9.59 Å².